The topological polar surface area (TPSA) is 76.9 Å². The van der Waals surface area contributed by atoms with E-state index in [2.05, 4.69) is 21.5 Å². The van der Waals surface area contributed by atoms with E-state index in [4.69, 9.17) is 0 Å². The van der Waals surface area contributed by atoms with Gasteiger partial charge in [-0.25, -0.2) is 9.67 Å². The van der Waals surface area contributed by atoms with Crippen LogP contribution in [-0.4, -0.2) is 20.7 Å². The van der Waals surface area contributed by atoms with Gasteiger partial charge in [0.15, 0.2) is 5.69 Å². The summed E-state index contributed by atoms with van der Waals surface area (Å²) in [5.74, 6) is -0.355. The summed E-state index contributed by atoms with van der Waals surface area (Å²) < 4.78 is 2.45. The number of rotatable bonds is 4. The fraction of sp³-hybridized carbons (Fsp3) is 0.0833. The summed E-state index contributed by atoms with van der Waals surface area (Å²) in [5, 5.41) is 9.14. The van der Waals surface area contributed by atoms with Gasteiger partial charge in [0.2, 0.25) is 0 Å². The van der Waals surface area contributed by atoms with Crippen LogP contribution < -0.4 is 10.9 Å². The highest BCUT2D eigenvalue weighted by Gasteiger charge is 2.16. The number of aryl methyl sites for hydroxylation is 1. The van der Waals surface area contributed by atoms with Gasteiger partial charge in [-0.15, -0.1) is 11.3 Å². The van der Waals surface area contributed by atoms with Crippen molar-refractivity contribution in [2.24, 2.45) is 0 Å². The maximum Gasteiger partial charge on any atom is 0.276 e. The number of thiazole rings is 1. The van der Waals surface area contributed by atoms with Crippen LogP contribution in [0.1, 0.15) is 17.4 Å². The van der Waals surface area contributed by atoms with Crippen molar-refractivity contribution in [2.45, 2.75) is 13.5 Å². The first-order chi connectivity index (χ1) is 15.1. The molecule has 152 valence electrons. The number of anilines is 1. The quantitative estimate of drug-likeness (QED) is 0.441. The van der Waals surface area contributed by atoms with Crippen LogP contribution in [0.3, 0.4) is 0 Å². The summed E-state index contributed by atoms with van der Waals surface area (Å²) in [6.07, 6.45) is 0. The lowest BCUT2D eigenvalue weighted by molar-refractivity contribution is 0.102. The molecule has 2 heterocycles. The van der Waals surface area contributed by atoms with Gasteiger partial charge in [-0.1, -0.05) is 30.3 Å². The zero-order chi connectivity index (χ0) is 21.4. The maximum atomic E-state index is 13.0. The highest BCUT2D eigenvalue weighted by atomic mass is 32.1. The largest absolute Gasteiger partial charge is 0.321 e. The van der Waals surface area contributed by atoms with Crippen LogP contribution in [0.5, 0.6) is 0 Å². The molecule has 5 rings (SSSR count). The molecule has 1 amide bonds. The zero-order valence-corrected chi connectivity index (χ0v) is 17.5. The lowest BCUT2D eigenvalue weighted by Crippen LogP contribution is -2.27. The molecule has 0 aliphatic carbocycles. The molecule has 2 aromatic heterocycles. The summed E-state index contributed by atoms with van der Waals surface area (Å²) in [6.45, 7) is 2.21. The molecular weight excluding hydrogens is 408 g/mol. The lowest BCUT2D eigenvalue weighted by atomic mass is 10.1. The Morgan fingerprint density at radius 3 is 2.42 bits per heavy atom. The minimum Gasteiger partial charge on any atom is -0.321 e. The molecule has 0 bridgehead atoms. The fourth-order valence-corrected chi connectivity index (χ4v) is 4.47. The molecule has 0 aliphatic heterocycles. The van der Waals surface area contributed by atoms with Crippen LogP contribution in [0.25, 0.3) is 31.6 Å². The molecule has 7 heteroatoms. The van der Waals surface area contributed by atoms with Gasteiger partial charge in [0.05, 0.1) is 15.6 Å². The summed E-state index contributed by atoms with van der Waals surface area (Å²) in [4.78, 5) is 30.1. The van der Waals surface area contributed by atoms with Gasteiger partial charge in [-0.2, -0.15) is 5.10 Å². The first-order valence-electron chi connectivity index (χ1n) is 9.91. The highest BCUT2D eigenvalue weighted by Crippen LogP contribution is 2.30. The Morgan fingerprint density at radius 1 is 0.968 bits per heavy atom. The van der Waals surface area contributed by atoms with E-state index in [0.717, 1.165) is 20.8 Å². The maximum absolute atomic E-state index is 13.0. The van der Waals surface area contributed by atoms with E-state index < -0.39 is 0 Å². The number of amides is 1. The highest BCUT2D eigenvalue weighted by molar-refractivity contribution is 7.21. The van der Waals surface area contributed by atoms with Crippen LogP contribution in [0.4, 0.5) is 5.69 Å². The first-order valence-corrected chi connectivity index (χ1v) is 10.7. The van der Waals surface area contributed by atoms with E-state index in [1.54, 1.807) is 35.6 Å². The van der Waals surface area contributed by atoms with Crippen LogP contribution in [0, 0.1) is 0 Å². The molecule has 6 nitrogen and oxygen atoms in total. The monoisotopic (exact) mass is 426 g/mol. The number of benzene rings is 3. The molecule has 0 atom stereocenters. The van der Waals surface area contributed by atoms with Gasteiger partial charge in [-0.3, -0.25) is 9.59 Å². The molecule has 5 aromatic rings. The van der Waals surface area contributed by atoms with E-state index in [9.17, 15) is 9.59 Å². The number of aromatic nitrogens is 3. The first kappa shape index (κ1) is 19.1. The van der Waals surface area contributed by atoms with Crippen LogP contribution >= 0.6 is 11.3 Å². The third-order valence-electron chi connectivity index (χ3n) is 5.07. The van der Waals surface area contributed by atoms with Crippen LogP contribution in [0.15, 0.2) is 77.6 Å². The number of nitrogens with one attached hydrogen (secondary N) is 1. The molecule has 0 fully saturated rings. The van der Waals surface area contributed by atoms with Gasteiger partial charge in [0.1, 0.15) is 5.01 Å². The second-order valence-electron chi connectivity index (χ2n) is 7.03. The summed E-state index contributed by atoms with van der Waals surface area (Å²) >= 11 is 1.63. The predicted octanol–water partition coefficient (Wildman–Crippen LogP) is 4.95. The van der Waals surface area contributed by atoms with Gasteiger partial charge in [-0.05, 0) is 49.4 Å². The van der Waals surface area contributed by atoms with Crippen molar-refractivity contribution in [1.82, 2.24) is 14.8 Å². The molecule has 0 unspecified atom stereocenters. The Balaban J connectivity index is 1.45. The molecule has 0 radical (unpaired) electrons. The van der Waals surface area contributed by atoms with E-state index in [1.807, 2.05) is 49.4 Å². The molecule has 0 saturated carbocycles. The summed E-state index contributed by atoms with van der Waals surface area (Å²) in [5.41, 5.74) is 2.64. The van der Waals surface area contributed by atoms with Crippen LogP contribution in [0.2, 0.25) is 0 Å². The number of carbonyl (C=O) groups excluding carboxylic acids is 1. The molecule has 0 spiro atoms. The van der Waals surface area contributed by atoms with Gasteiger partial charge < -0.3 is 5.32 Å². The third kappa shape index (κ3) is 3.49. The average molecular weight is 427 g/mol. The average Bonchev–Trinajstić information content (AvgIpc) is 3.24. The number of hydrogen-bond donors (Lipinski definition) is 1. The third-order valence-corrected chi connectivity index (χ3v) is 6.15. The van der Waals surface area contributed by atoms with E-state index in [-0.39, 0.29) is 17.2 Å². The summed E-state index contributed by atoms with van der Waals surface area (Å²) in [6, 6.07) is 22.6. The second kappa shape index (κ2) is 7.77. The van der Waals surface area contributed by atoms with E-state index >= 15 is 0 Å². The van der Waals surface area contributed by atoms with Gasteiger partial charge >= 0.3 is 0 Å². The number of carbonyl (C=O) groups is 1. The van der Waals surface area contributed by atoms with Crippen molar-refractivity contribution >= 4 is 43.9 Å². The van der Waals surface area contributed by atoms with Crippen molar-refractivity contribution in [1.29, 1.82) is 0 Å². The van der Waals surface area contributed by atoms with Crippen molar-refractivity contribution in [2.75, 3.05) is 5.32 Å². The molecular formula is C24H18N4O2S. The summed E-state index contributed by atoms with van der Waals surface area (Å²) in [7, 11) is 0. The molecule has 0 saturated heterocycles. The molecule has 31 heavy (non-hydrogen) atoms. The second-order valence-corrected chi connectivity index (χ2v) is 8.06. The fourth-order valence-electron chi connectivity index (χ4n) is 3.50. The standard InChI is InChI=1S/C24H18N4O2S/c1-2-28-24(30)18-8-4-3-7-17(18)21(27-28)22(29)25-16-13-11-15(12-14-16)23-26-19-9-5-6-10-20(19)31-23/h3-14H,2H2,1H3,(H,25,29). The Labute approximate surface area is 181 Å². The SMILES string of the molecule is CCn1nc(C(=O)Nc2ccc(-c3nc4ccccc4s3)cc2)c2ccccc2c1=O. The minimum absolute atomic E-state index is 0.199. The van der Waals surface area contributed by atoms with Crippen molar-refractivity contribution < 1.29 is 4.79 Å². The molecule has 1 N–H and O–H groups in total. The number of fused-ring (bicyclic) bond motifs is 2. The number of hydrogen-bond acceptors (Lipinski definition) is 5. The van der Waals surface area contributed by atoms with Gasteiger partial charge in [0.25, 0.3) is 11.5 Å². The van der Waals surface area contributed by atoms with Crippen molar-refractivity contribution in [3.05, 3.63) is 88.8 Å². The smallest absolute Gasteiger partial charge is 0.276 e. The van der Waals surface area contributed by atoms with E-state index in [0.29, 0.717) is 23.0 Å². The Morgan fingerprint density at radius 2 is 1.68 bits per heavy atom. The Kier molecular flexibility index (Phi) is 4.80. The zero-order valence-electron chi connectivity index (χ0n) is 16.7. The lowest BCUT2D eigenvalue weighted by Gasteiger charge is -2.10. The Bertz CT molecular complexity index is 1450. The molecule has 0 aliphatic rings. The van der Waals surface area contributed by atoms with Crippen molar-refractivity contribution in [3.8, 4) is 10.6 Å². The predicted molar refractivity (Wildman–Crippen MR) is 125 cm³/mol. The normalized spacial score (nSPS) is 11.1. The van der Waals surface area contributed by atoms with Crippen LogP contribution in [-0.2, 0) is 6.54 Å². The minimum atomic E-state index is -0.355. The van der Waals surface area contributed by atoms with Gasteiger partial charge in [0, 0.05) is 23.2 Å². The van der Waals surface area contributed by atoms with Crippen molar-refractivity contribution in [3.63, 3.8) is 0 Å². The Hall–Kier alpha value is -3.84. The number of nitrogens with zero attached hydrogens (tertiary/aromatic N) is 3. The number of para-hydroxylation sites is 1. The molecule has 3 aromatic carbocycles. The van der Waals surface area contributed by atoms with E-state index in [1.165, 1.54) is 4.68 Å².